The van der Waals surface area contributed by atoms with Crippen molar-refractivity contribution >= 4 is 29.6 Å². The van der Waals surface area contributed by atoms with Gasteiger partial charge in [0.1, 0.15) is 0 Å². The van der Waals surface area contributed by atoms with Gasteiger partial charge in [0.2, 0.25) is 0 Å². The second-order valence-corrected chi connectivity index (χ2v) is 5.88. The van der Waals surface area contributed by atoms with Crippen molar-refractivity contribution in [3.8, 4) is 11.4 Å². The predicted octanol–water partition coefficient (Wildman–Crippen LogP) is 4.60. The molecule has 0 saturated heterocycles. The zero-order chi connectivity index (χ0) is 19.2. The molecule has 1 heterocycles. The first-order valence-electron chi connectivity index (χ1n) is 7.95. The second kappa shape index (κ2) is 8.19. The minimum absolute atomic E-state index is 0.201. The average molecular weight is 380 g/mol. The number of anilines is 1. The third-order valence-corrected chi connectivity index (χ3v) is 3.98. The van der Waals surface area contributed by atoms with Crippen molar-refractivity contribution in [2.45, 2.75) is 6.54 Å². The smallest absolute Gasteiger partial charge is 0.335 e. The Morgan fingerprint density at radius 2 is 1.96 bits per heavy atom. The van der Waals surface area contributed by atoms with Crippen LogP contribution in [0.2, 0.25) is 0 Å². The standard InChI is InChI=1S/C18H16N6O2S/c1-2-11-24-16(21-22-18(24)27)12-3-7-14(8-4-12)19-23-20-15-9-5-13(6-10-15)17(25)26/h2-10H,1,11H2,(H,19,20)(H,22,27)(H,25,26). The molecule has 0 aliphatic carbocycles. The van der Waals surface area contributed by atoms with E-state index in [0.717, 1.165) is 17.1 Å². The van der Waals surface area contributed by atoms with Crippen molar-refractivity contribution in [3.05, 3.63) is 71.5 Å². The fourth-order valence-corrected chi connectivity index (χ4v) is 2.55. The van der Waals surface area contributed by atoms with Gasteiger partial charge < -0.3 is 5.11 Å². The number of benzene rings is 2. The summed E-state index contributed by atoms with van der Waals surface area (Å²) in [7, 11) is 0. The molecule has 0 unspecified atom stereocenters. The minimum Gasteiger partial charge on any atom is -0.478 e. The number of rotatable bonds is 7. The third kappa shape index (κ3) is 4.33. The number of carboxylic acids is 1. The Balaban J connectivity index is 1.68. The highest BCUT2D eigenvalue weighted by molar-refractivity contribution is 7.71. The number of hydrogen-bond donors (Lipinski definition) is 3. The lowest BCUT2D eigenvalue weighted by Gasteiger charge is -2.05. The van der Waals surface area contributed by atoms with Crippen LogP contribution in [0.1, 0.15) is 10.4 Å². The van der Waals surface area contributed by atoms with Gasteiger partial charge in [0, 0.05) is 12.1 Å². The van der Waals surface area contributed by atoms with Crippen LogP contribution >= 0.6 is 12.2 Å². The highest BCUT2D eigenvalue weighted by atomic mass is 32.1. The maximum atomic E-state index is 10.8. The number of aromatic amines is 1. The van der Waals surface area contributed by atoms with Gasteiger partial charge in [-0.05, 0) is 60.7 Å². The van der Waals surface area contributed by atoms with Gasteiger partial charge >= 0.3 is 5.97 Å². The molecule has 0 spiro atoms. The van der Waals surface area contributed by atoms with E-state index in [-0.39, 0.29) is 5.56 Å². The zero-order valence-electron chi connectivity index (χ0n) is 14.2. The Morgan fingerprint density at radius 1 is 1.26 bits per heavy atom. The lowest BCUT2D eigenvalue weighted by atomic mass is 10.2. The van der Waals surface area contributed by atoms with Crippen molar-refractivity contribution in [2.75, 3.05) is 5.43 Å². The first-order valence-corrected chi connectivity index (χ1v) is 8.36. The molecule has 0 aliphatic rings. The summed E-state index contributed by atoms with van der Waals surface area (Å²) in [4.78, 5) is 10.8. The summed E-state index contributed by atoms with van der Waals surface area (Å²) >= 11 is 5.21. The van der Waals surface area contributed by atoms with Crippen molar-refractivity contribution in [1.29, 1.82) is 0 Å². The van der Waals surface area contributed by atoms with E-state index >= 15 is 0 Å². The molecule has 0 bridgehead atoms. The minimum atomic E-state index is -0.980. The van der Waals surface area contributed by atoms with Crippen LogP contribution in [0.15, 0.2) is 71.5 Å². The van der Waals surface area contributed by atoms with Gasteiger partial charge in [-0.15, -0.1) is 11.7 Å². The molecular weight excluding hydrogens is 364 g/mol. The molecule has 9 heteroatoms. The van der Waals surface area contributed by atoms with Crippen LogP contribution in [0.25, 0.3) is 11.4 Å². The van der Waals surface area contributed by atoms with Crippen molar-refractivity contribution in [2.24, 2.45) is 10.3 Å². The van der Waals surface area contributed by atoms with E-state index < -0.39 is 5.97 Å². The van der Waals surface area contributed by atoms with Gasteiger partial charge in [0.25, 0.3) is 0 Å². The molecule has 0 radical (unpaired) electrons. The number of aromatic nitrogens is 3. The average Bonchev–Trinajstić information content (AvgIpc) is 3.04. The van der Waals surface area contributed by atoms with Gasteiger partial charge in [0.05, 0.1) is 16.9 Å². The number of H-pyrrole nitrogens is 1. The molecule has 8 nitrogen and oxygen atoms in total. The maximum Gasteiger partial charge on any atom is 0.335 e. The number of hydrogen-bond acceptors (Lipinski definition) is 5. The molecule has 136 valence electrons. The number of aromatic carboxylic acids is 1. The molecule has 0 atom stereocenters. The van der Waals surface area contributed by atoms with Gasteiger partial charge in [-0.25, -0.2) is 4.79 Å². The molecule has 27 heavy (non-hydrogen) atoms. The van der Waals surface area contributed by atoms with Crippen molar-refractivity contribution < 1.29 is 9.90 Å². The second-order valence-electron chi connectivity index (χ2n) is 5.49. The molecule has 0 amide bonds. The van der Waals surface area contributed by atoms with E-state index in [1.165, 1.54) is 12.1 Å². The van der Waals surface area contributed by atoms with E-state index in [9.17, 15) is 4.79 Å². The number of carboxylic acid groups (broad SMARTS) is 1. The molecule has 3 rings (SSSR count). The van der Waals surface area contributed by atoms with Crippen LogP contribution in [-0.4, -0.2) is 25.8 Å². The summed E-state index contributed by atoms with van der Waals surface area (Å²) in [5, 5.41) is 23.8. The van der Waals surface area contributed by atoms with Crippen LogP contribution in [0, 0.1) is 4.77 Å². The van der Waals surface area contributed by atoms with Crippen LogP contribution in [0.3, 0.4) is 0 Å². The Kier molecular flexibility index (Phi) is 5.53. The van der Waals surface area contributed by atoms with Crippen LogP contribution in [-0.2, 0) is 6.54 Å². The lowest BCUT2D eigenvalue weighted by Crippen LogP contribution is -1.98. The van der Waals surface area contributed by atoms with Gasteiger partial charge in [-0.2, -0.15) is 5.10 Å². The normalized spacial score (nSPS) is 10.8. The summed E-state index contributed by atoms with van der Waals surface area (Å²) in [6.07, 6.45) is 1.76. The Morgan fingerprint density at radius 3 is 2.59 bits per heavy atom. The van der Waals surface area contributed by atoms with Crippen molar-refractivity contribution in [1.82, 2.24) is 14.8 Å². The summed E-state index contributed by atoms with van der Waals surface area (Å²) < 4.78 is 2.39. The highest BCUT2D eigenvalue weighted by Crippen LogP contribution is 2.20. The Bertz CT molecular complexity index is 1030. The van der Waals surface area contributed by atoms with E-state index in [0.29, 0.717) is 17.0 Å². The molecule has 0 fully saturated rings. The van der Waals surface area contributed by atoms with Crippen molar-refractivity contribution in [3.63, 3.8) is 0 Å². The molecule has 0 saturated carbocycles. The zero-order valence-corrected chi connectivity index (χ0v) is 15.0. The predicted molar refractivity (Wildman–Crippen MR) is 105 cm³/mol. The Labute approximate surface area is 159 Å². The van der Waals surface area contributed by atoms with E-state index in [1.54, 1.807) is 18.2 Å². The molecule has 0 aliphatic heterocycles. The van der Waals surface area contributed by atoms with Crippen LogP contribution in [0.5, 0.6) is 0 Å². The summed E-state index contributed by atoms with van der Waals surface area (Å²) in [5.74, 6) is -0.252. The topological polar surface area (TPSA) is 108 Å². The quantitative estimate of drug-likeness (QED) is 0.240. The first kappa shape index (κ1) is 18.2. The van der Waals surface area contributed by atoms with Gasteiger partial charge in [-0.3, -0.25) is 15.1 Å². The van der Waals surface area contributed by atoms with Crippen LogP contribution in [0.4, 0.5) is 11.4 Å². The fourth-order valence-electron chi connectivity index (χ4n) is 2.34. The van der Waals surface area contributed by atoms with E-state index in [4.69, 9.17) is 17.3 Å². The maximum absolute atomic E-state index is 10.8. The molecular formula is C18H16N6O2S. The van der Waals surface area contributed by atoms with Gasteiger partial charge in [-0.1, -0.05) is 11.3 Å². The van der Waals surface area contributed by atoms with Gasteiger partial charge in [0.15, 0.2) is 10.6 Å². The molecule has 3 aromatic rings. The molecule has 1 aromatic heterocycles. The largest absolute Gasteiger partial charge is 0.478 e. The Hall–Kier alpha value is -3.59. The summed E-state index contributed by atoms with van der Waals surface area (Å²) in [6, 6.07) is 13.6. The number of allylic oxidation sites excluding steroid dienone is 1. The molecule has 2 aromatic carbocycles. The highest BCUT2D eigenvalue weighted by Gasteiger charge is 2.07. The summed E-state index contributed by atoms with van der Waals surface area (Å²) in [5.41, 5.74) is 5.21. The monoisotopic (exact) mass is 380 g/mol. The summed E-state index contributed by atoms with van der Waals surface area (Å²) in [6.45, 7) is 4.30. The van der Waals surface area contributed by atoms with E-state index in [2.05, 4.69) is 32.5 Å². The number of nitrogens with zero attached hydrogens (tertiary/aromatic N) is 4. The SMILES string of the molecule is C=CCn1c(-c2ccc(NN=Nc3ccc(C(=O)O)cc3)cc2)n[nH]c1=S. The van der Waals surface area contributed by atoms with Crippen LogP contribution < -0.4 is 5.43 Å². The number of carbonyl (C=O) groups is 1. The lowest BCUT2D eigenvalue weighted by molar-refractivity contribution is 0.0697. The number of nitrogens with one attached hydrogen (secondary N) is 2. The first-order chi connectivity index (χ1) is 13.1. The fraction of sp³-hybridized carbons (Fsp3) is 0.0556. The third-order valence-electron chi connectivity index (χ3n) is 3.67. The van der Waals surface area contributed by atoms with E-state index in [1.807, 2.05) is 28.8 Å². The molecule has 3 N–H and O–H groups in total.